The molecule has 1 N–H and O–H groups in total. The van der Waals surface area contributed by atoms with Crippen LogP contribution in [0.3, 0.4) is 0 Å². The Balaban J connectivity index is 1.40. The second-order valence-electron chi connectivity index (χ2n) is 7.17. The van der Waals surface area contributed by atoms with E-state index >= 15 is 0 Å². The van der Waals surface area contributed by atoms with Crippen molar-refractivity contribution in [1.82, 2.24) is 5.01 Å². The van der Waals surface area contributed by atoms with E-state index in [-0.39, 0.29) is 18.3 Å². The minimum Gasteiger partial charge on any atom is -0.493 e. The molecular formula is C24H23N3O6. The lowest BCUT2D eigenvalue weighted by molar-refractivity contribution is 0.0996. The number of carbonyl (C=O) groups is 2. The quantitative estimate of drug-likeness (QED) is 0.559. The number of hydrogen-bond donors (Lipinski definition) is 1. The maximum Gasteiger partial charge on any atom is 0.430 e. The molecule has 0 atom stereocenters. The zero-order valence-corrected chi connectivity index (χ0v) is 18.2. The van der Waals surface area contributed by atoms with Crippen LogP contribution in [-0.2, 0) is 11.2 Å². The summed E-state index contributed by atoms with van der Waals surface area (Å²) in [6, 6.07) is 16.0. The van der Waals surface area contributed by atoms with Crippen molar-refractivity contribution in [3.05, 3.63) is 77.7 Å². The molecule has 0 bridgehead atoms. The first kappa shape index (κ1) is 21.9. The van der Waals surface area contributed by atoms with Crippen LogP contribution in [0.4, 0.5) is 10.5 Å². The number of hydrogen-bond acceptors (Lipinski definition) is 7. The number of nitrogens with zero attached hydrogens (tertiary/aromatic N) is 2. The molecule has 0 radical (unpaired) electrons. The van der Waals surface area contributed by atoms with E-state index in [1.165, 1.54) is 11.3 Å². The second-order valence-corrected chi connectivity index (χ2v) is 7.17. The predicted molar refractivity (Wildman–Crippen MR) is 121 cm³/mol. The summed E-state index contributed by atoms with van der Waals surface area (Å²) < 4.78 is 21.0. The molecule has 1 aliphatic heterocycles. The van der Waals surface area contributed by atoms with Crippen molar-refractivity contribution in [2.75, 3.05) is 32.7 Å². The summed E-state index contributed by atoms with van der Waals surface area (Å²) in [7, 11) is 3.13. The number of nitrogens with one attached hydrogen (secondary N) is 1. The Hall–Kier alpha value is -4.27. The van der Waals surface area contributed by atoms with Gasteiger partial charge in [-0.1, -0.05) is 12.1 Å². The molecule has 2 aromatic carbocycles. The van der Waals surface area contributed by atoms with Crippen molar-refractivity contribution in [3.63, 3.8) is 0 Å². The average molecular weight is 449 g/mol. The lowest BCUT2D eigenvalue weighted by Gasteiger charge is -2.24. The van der Waals surface area contributed by atoms with Crippen LogP contribution in [-0.4, -0.2) is 50.1 Å². The van der Waals surface area contributed by atoms with Crippen LogP contribution in [0.25, 0.3) is 0 Å². The van der Waals surface area contributed by atoms with Crippen LogP contribution in [0.5, 0.6) is 11.5 Å². The van der Waals surface area contributed by atoms with E-state index < -0.39 is 6.09 Å². The molecule has 170 valence electrons. The van der Waals surface area contributed by atoms with Crippen molar-refractivity contribution in [2.45, 2.75) is 6.42 Å². The van der Waals surface area contributed by atoms with Crippen molar-refractivity contribution < 1.29 is 28.2 Å². The summed E-state index contributed by atoms with van der Waals surface area (Å²) in [6.45, 7) is 0.419. The van der Waals surface area contributed by atoms with E-state index in [9.17, 15) is 9.59 Å². The molecule has 0 saturated heterocycles. The third kappa shape index (κ3) is 5.15. The molecule has 0 unspecified atom stereocenters. The molecule has 9 heteroatoms. The first-order chi connectivity index (χ1) is 16.1. The third-order valence-corrected chi connectivity index (χ3v) is 5.07. The first-order valence-corrected chi connectivity index (χ1v) is 10.3. The van der Waals surface area contributed by atoms with Crippen LogP contribution in [0, 0.1) is 0 Å². The molecule has 2 amide bonds. The van der Waals surface area contributed by atoms with Gasteiger partial charge in [-0.05, 0) is 54.4 Å². The molecule has 3 aromatic rings. The summed E-state index contributed by atoms with van der Waals surface area (Å²) >= 11 is 0. The number of amides is 2. The zero-order valence-electron chi connectivity index (χ0n) is 18.2. The Morgan fingerprint density at radius 3 is 2.58 bits per heavy atom. The Labute approximate surface area is 190 Å². The summed E-state index contributed by atoms with van der Waals surface area (Å²) in [4.78, 5) is 24.3. The number of benzene rings is 2. The van der Waals surface area contributed by atoms with E-state index in [4.69, 9.17) is 18.6 Å². The fourth-order valence-electron chi connectivity index (χ4n) is 3.31. The van der Waals surface area contributed by atoms with Crippen molar-refractivity contribution in [3.8, 4) is 11.5 Å². The number of hydrazone groups is 1. The van der Waals surface area contributed by atoms with Crippen LogP contribution in [0.1, 0.15) is 21.7 Å². The summed E-state index contributed by atoms with van der Waals surface area (Å²) in [6.07, 6.45) is 1.51. The number of cyclic esters (lactones) is 1. The van der Waals surface area contributed by atoms with Gasteiger partial charge in [-0.3, -0.25) is 4.79 Å². The van der Waals surface area contributed by atoms with Gasteiger partial charge in [-0.25, -0.2) is 4.79 Å². The topological polar surface area (TPSA) is 103 Å². The normalized spacial score (nSPS) is 13.2. The zero-order chi connectivity index (χ0) is 23.2. The van der Waals surface area contributed by atoms with Crippen molar-refractivity contribution in [2.24, 2.45) is 5.10 Å². The van der Waals surface area contributed by atoms with E-state index in [0.717, 1.165) is 11.1 Å². The highest BCUT2D eigenvalue weighted by Gasteiger charge is 2.23. The van der Waals surface area contributed by atoms with Gasteiger partial charge in [0.05, 0.1) is 27.0 Å². The number of furan rings is 1. The highest BCUT2D eigenvalue weighted by molar-refractivity contribution is 6.04. The molecule has 0 saturated carbocycles. The first-order valence-electron chi connectivity index (χ1n) is 10.3. The molecule has 2 heterocycles. The van der Waals surface area contributed by atoms with E-state index in [1.807, 2.05) is 18.2 Å². The molecule has 1 aromatic heterocycles. The van der Waals surface area contributed by atoms with E-state index in [2.05, 4.69) is 10.4 Å². The third-order valence-electron chi connectivity index (χ3n) is 5.07. The summed E-state index contributed by atoms with van der Waals surface area (Å²) in [5.41, 5.74) is 3.02. The summed E-state index contributed by atoms with van der Waals surface area (Å²) in [5, 5.41) is 8.55. The van der Waals surface area contributed by atoms with Gasteiger partial charge in [0, 0.05) is 11.3 Å². The Bertz CT molecular complexity index is 1160. The lowest BCUT2D eigenvalue weighted by Crippen LogP contribution is -2.36. The monoisotopic (exact) mass is 449 g/mol. The van der Waals surface area contributed by atoms with Crippen molar-refractivity contribution >= 4 is 23.4 Å². The second kappa shape index (κ2) is 9.90. The average Bonchev–Trinajstić information content (AvgIpc) is 3.39. The molecule has 33 heavy (non-hydrogen) atoms. The van der Waals surface area contributed by atoms with Gasteiger partial charge in [-0.15, -0.1) is 0 Å². The lowest BCUT2D eigenvalue weighted by atomic mass is 10.1. The van der Waals surface area contributed by atoms with Crippen LogP contribution >= 0.6 is 0 Å². The van der Waals surface area contributed by atoms with Crippen LogP contribution < -0.4 is 14.8 Å². The van der Waals surface area contributed by atoms with Crippen molar-refractivity contribution in [1.29, 1.82) is 0 Å². The molecule has 4 rings (SSSR count). The largest absolute Gasteiger partial charge is 0.493 e. The number of rotatable bonds is 8. The van der Waals surface area contributed by atoms with Gasteiger partial charge >= 0.3 is 6.09 Å². The minimum absolute atomic E-state index is 0.0783. The molecular weight excluding hydrogens is 426 g/mol. The van der Waals surface area contributed by atoms with Crippen LogP contribution in [0.2, 0.25) is 0 Å². The van der Waals surface area contributed by atoms with Crippen LogP contribution in [0.15, 0.2) is 70.4 Å². The Morgan fingerprint density at radius 1 is 1.09 bits per heavy atom. The Kier molecular flexibility index (Phi) is 6.58. The van der Waals surface area contributed by atoms with Gasteiger partial charge < -0.3 is 23.9 Å². The molecule has 0 spiro atoms. The molecule has 0 fully saturated rings. The summed E-state index contributed by atoms with van der Waals surface area (Å²) in [5.74, 6) is 1.10. The van der Waals surface area contributed by atoms with Gasteiger partial charge in [-0.2, -0.15) is 10.1 Å². The number of anilines is 1. The number of ether oxygens (including phenoxy) is 3. The fraction of sp³-hybridized carbons (Fsp3) is 0.208. The molecule has 0 aliphatic carbocycles. The smallest absolute Gasteiger partial charge is 0.430 e. The Morgan fingerprint density at radius 2 is 1.88 bits per heavy atom. The van der Waals surface area contributed by atoms with Gasteiger partial charge in [0.1, 0.15) is 12.3 Å². The van der Waals surface area contributed by atoms with E-state index in [1.54, 1.807) is 50.6 Å². The number of carbonyl (C=O) groups excluding carboxylic acids is 2. The SMILES string of the molecule is COc1ccc(C2=NN(CCc3ccc(NC(=O)c4ccco4)cc3)C(=O)OC2)cc1OC. The van der Waals surface area contributed by atoms with Gasteiger partial charge in [0.2, 0.25) is 0 Å². The minimum atomic E-state index is -0.499. The molecule has 1 aliphatic rings. The van der Waals surface area contributed by atoms with Gasteiger partial charge in [0.15, 0.2) is 17.3 Å². The van der Waals surface area contributed by atoms with Gasteiger partial charge in [0.25, 0.3) is 5.91 Å². The maximum absolute atomic E-state index is 12.2. The predicted octanol–water partition coefficient (Wildman–Crippen LogP) is 3.95. The number of methoxy groups -OCH3 is 2. The molecule has 9 nitrogen and oxygen atoms in total. The maximum atomic E-state index is 12.2. The fourth-order valence-corrected chi connectivity index (χ4v) is 3.31. The highest BCUT2D eigenvalue weighted by Crippen LogP contribution is 2.28. The standard InChI is InChI=1S/C24H23N3O6/c1-30-20-10-7-17(14-22(20)31-2)19-15-33-24(29)27(26-19)12-11-16-5-8-18(9-6-16)25-23(28)21-4-3-13-32-21/h3-10,13-14H,11-12,15H2,1-2H3,(H,25,28). The highest BCUT2D eigenvalue weighted by atomic mass is 16.6. The van der Waals surface area contributed by atoms with E-state index in [0.29, 0.717) is 35.9 Å².